The third-order valence-electron chi connectivity index (χ3n) is 4.99. The monoisotopic (exact) mass is 344 g/mol. The lowest BCUT2D eigenvalue weighted by atomic mass is 10.1. The molecular weight excluding hydrogens is 316 g/mol. The van der Waals surface area contributed by atoms with Crippen LogP contribution in [0.15, 0.2) is 30.3 Å². The molecule has 2 fully saturated rings. The maximum atomic E-state index is 12.0. The van der Waals surface area contributed by atoms with Crippen LogP contribution in [-0.4, -0.2) is 84.4 Å². The van der Waals surface area contributed by atoms with Crippen molar-refractivity contribution in [1.29, 1.82) is 0 Å². The molecular formula is C19H28N4O2. The van der Waals surface area contributed by atoms with Gasteiger partial charge in [0.25, 0.3) is 0 Å². The molecule has 0 bridgehead atoms. The van der Waals surface area contributed by atoms with E-state index in [2.05, 4.69) is 47.1 Å². The first-order valence-electron chi connectivity index (χ1n) is 9.07. The Hall–Kier alpha value is -1.92. The Morgan fingerprint density at radius 1 is 1.00 bits per heavy atom. The number of nitrogens with zero attached hydrogens (tertiary/aromatic N) is 4. The first-order chi connectivity index (χ1) is 12.0. The molecule has 3 rings (SSSR count). The molecule has 0 aliphatic carbocycles. The fourth-order valence-corrected chi connectivity index (χ4v) is 3.72. The molecule has 2 aliphatic rings. The summed E-state index contributed by atoms with van der Waals surface area (Å²) < 4.78 is 0. The van der Waals surface area contributed by atoms with Gasteiger partial charge in [-0.1, -0.05) is 37.3 Å². The lowest BCUT2D eigenvalue weighted by Crippen LogP contribution is -2.40. The van der Waals surface area contributed by atoms with Gasteiger partial charge in [-0.15, -0.1) is 0 Å². The van der Waals surface area contributed by atoms with E-state index < -0.39 is 0 Å². The topological polar surface area (TPSA) is 47.1 Å². The van der Waals surface area contributed by atoms with Crippen LogP contribution in [0.2, 0.25) is 0 Å². The number of urea groups is 1. The largest absolute Gasteiger partial charge is 0.327 e. The van der Waals surface area contributed by atoms with Gasteiger partial charge in [0.05, 0.1) is 0 Å². The third kappa shape index (κ3) is 4.58. The summed E-state index contributed by atoms with van der Waals surface area (Å²) in [6, 6.07) is 10.4. The fraction of sp³-hybridized carbons (Fsp3) is 0.579. The molecule has 3 amide bonds. The predicted octanol–water partition coefficient (Wildman–Crippen LogP) is 1.33. The molecule has 2 saturated heterocycles. The van der Waals surface area contributed by atoms with Crippen molar-refractivity contribution in [1.82, 2.24) is 19.6 Å². The van der Waals surface area contributed by atoms with E-state index in [9.17, 15) is 9.59 Å². The van der Waals surface area contributed by atoms with Crippen molar-refractivity contribution in [2.75, 3.05) is 52.9 Å². The summed E-state index contributed by atoms with van der Waals surface area (Å²) in [7, 11) is 1.68. The molecule has 2 aliphatic heterocycles. The number of carbonyl (C=O) groups is 2. The van der Waals surface area contributed by atoms with Crippen molar-refractivity contribution in [3.8, 4) is 0 Å². The number of benzene rings is 1. The SMILES string of the molecule is CC1CN(CCN2C(=O)CN(C)C2=O)CCN(Cc2ccccc2)C1. The van der Waals surface area contributed by atoms with Gasteiger partial charge in [-0.05, 0) is 11.5 Å². The molecule has 6 heteroatoms. The zero-order valence-electron chi connectivity index (χ0n) is 15.2. The van der Waals surface area contributed by atoms with Gasteiger partial charge in [0.2, 0.25) is 5.91 Å². The summed E-state index contributed by atoms with van der Waals surface area (Å²) in [6.07, 6.45) is 0. The van der Waals surface area contributed by atoms with Crippen LogP contribution in [0, 0.1) is 5.92 Å². The molecule has 1 unspecified atom stereocenters. The van der Waals surface area contributed by atoms with Crippen LogP contribution in [0.5, 0.6) is 0 Å². The fourth-order valence-electron chi connectivity index (χ4n) is 3.72. The van der Waals surface area contributed by atoms with E-state index in [1.165, 1.54) is 15.4 Å². The summed E-state index contributed by atoms with van der Waals surface area (Å²) in [6.45, 7) is 8.79. The van der Waals surface area contributed by atoms with Crippen molar-refractivity contribution >= 4 is 11.9 Å². The minimum absolute atomic E-state index is 0.0823. The molecule has 0 spiro atoms. The van der Waals surface area contributed by atoms with Crippen LogP contribution >= 0.6 is 0 Å². The first-order valence-corrected chi connectivity index (χ1v) is 9.07. The highest BCUT2D eigenvalue weighted by atomic mass is 16.2. The van der Waals surface area contributed by atoms with Gasteiger partial charge >= 0.3 is 6.03 Å². The number of rotatable bonds is 5. The molecule has 1 atom stereocenters. The van der Waals surface area contributed by atoms with Crippen molar-refractivity contribution in [2.45, 2.75) is 13.5 Å². The van der Waals surface area contributed by atoms with Gasteiger partial charge in [-0.2, -0.15) is 0 Å². The number of hydrogen-bond acceptors (Lipinski definition) is 4. The Bertz CT molecular complexity index is 607. The quantitative estimate of drug-likeness (QED) is 0.756. The lowest BCUT2D eigenvalue weighted by molar-refractivity contribution is -0.125. The van der Waals surface area contributed by atoms with E-state index in [0.29, 0.717) is 12.5 Å². The minimum Gasteiger partial charge on any atom is -0.318 e. The van der Waals surface area contributed by atoms with E-state index in [4.69, 9.17) is 0 Å². The second kappa shape index (κ2) is 7.97. The van der Waals surface area contributed by atoms with E-state index in [-0.39, 0.29) is 18.5 Å². The highest BCUT2D eigenvalue weighted by Crippen LogP contribution is 2.14. The van der Waals surface area contributed by atoms with E-state index in [1.807, 2.05) is 0 Å². The molecule has 2 heterocycles. The van der Waals surface area contributed by atoms with Gasteiger partial charge < -0.3 is 4.90 Å². The molecule has 0 saturated carbocycles. The number of imide groups is 1. The Balaban J connectivity index is 1.51. The zero-order chi connectivity index (χ0) is 17.8. The first kappa shape index (κ1) is 17.9. The van der Waals surface area contributed by atoms with E-state index in [1.54, 1.807) is 7.05 Å². The molecule has 1 aromatic carbocycles. The number of carbonyl (C=O) groups excluding carboxylic acids is 2. The molecule has 25 heavy (non-hydrogen) atoms. The van der Waals surface area contributed by atoms with Crippen LogP contribution in [0.25, 0.3) is 0 Å². The Labute approximate surface area is 150 Å². The highest BCUT2D eigenvalue weighted by Gasteiger charge is 2.33. The second-order valence-corrected chi connectivity index (χ2v) is 7.31. The van der Waals surface area contributed by atoms with E-state index in [0.717, 1.165) is 39.3 Å². The summed E-state index contributed by atoms with van der Waals surface area (Å²) in [5, 5.41) is 0. The minimum atomic E-state index is -0.168. The second-order valence-electron chi connectivity index (χ2n) is 7.31. The smallest absolute Gasteiger partial charge is 0.318 e. The standard InChI is InChI=1S/C19H28N4O2/c1-16-12-21(10-11-23-18(24)15-20(2)19(23)25)8-9-22(13-16)14-17-6-4-3-5-7-17/h3-7,16H,8-15H2,1-2H3. The van der Waals surface area contributed by atoms with Crippen LogP contribution in [0.3, 0.4) is 0 Å². The molecule has 0 radical (unpaired) electrons. The van der Waals surface area contributed by atoms with Gasteiger partial charge in [0.15, 0.2) is 0 Å². The highest BCUT2D eigenvalue weighted by molar-refractivity contribution is 6.01. The summed E-state index contributed by atoms with van der Waals surface area (Å²) in [5.41, 5.74) is 1.35. The van der Waals surface area contributed by atoms with Crippen molar-refractivity contribution in [2.24, 2.45) is 5.92 Å². The Kier molecular flexibility index (Phi) is 5.71. The van der Waals surface area contributed by atoms with Gasteiger partial charge in [-0.25, -0.2) is 4.79 Å². The van der Waals surface area contributed by atoms with Crippen LogP contribution < -0.4 is 0 Å². The number of hydrogen-bond donors (Lipinski definition) is 0. The summed E-state index contributed by atoms with van der Waals surface area (Å²) in [4.78, 5) is 31.6. The number of amides is 3. The van der Waals surface area contributed by atoms with Gasteiger partial charge in [-0.3, -0.25) is 19.5 Å². The van der Waals surface area contributed by atoms with Crippen molar-refractivity contribution in [3.05, 3.63) is 35.9 Å². The average molecular weight is 344 g/mol. The van der Waals surface area contributed by atoms with E-state index >= 15 is 0 Å². The zero-order valence-corrected chi connectivity index (χ0v) is 15.2. The lowest BCUT2D eigenvalue weighted by Gasteiger charge is -2.24. The molecule has 0 aromatic heterocycles. The van der Waals surface area contributed by atoms with Crippen molar-refractivity contribution < 1.29 is 9.59 Å². The summed E-state index contributed by atoms with van der Waals surface area (Å²) >= 11 is 0. The van der Waals surface area contributed by atoms with Crippen LogP contribution in [0.4, 0.5) is 4.79 Å². The predicted molar refractivity (Wildman–Crippen MR) is 97.1 cm³/mol. The Morgan fingerprint density at radius 3 is 2.36 bits per heavy atom. The van der Waals surface area contributed by atoms with Crippen molar-refractivity contribution in [3.63, 3.8) is 0 Å². The number of likely N-dealkylation sites (N-methyl/N-ethyl adjacent to an activating group) is 1. The maximum absolute atomic E-state index is 12.0. The molecule has 6 nitrogen and oxygen atoms in total. The molecule has 136 valence electrons. The Morgan fingerprint density at radius 2 is 1.68 bits per heavy atom. The van der Waals surface area contributed by atoms with Gasteiger partial charge in [0, 0.05) is 52.9 Å². The molecule has 0 N–H and O–H groups in total. The average Bonchev–Trinajstić information content (AvgIpc) is 2.72. The van der Waals surface area contributed by atoms with Crippen LogP contribution in [-0.2, 0) is 11.3 Å². The van der Waals surface area contributed by atoms with Crippen LogP contribution in [0.1, 0.15) is 12.5 Å². The normalized spacial score (nSPS) is 23.4. The molecule has 1 aromatic rings. The van der Waals surface area contributed by atoms with Gasteiger partial charge in [0.1, 0.15) is 6.54 Å². The third-order valence-corrected chi connectivity index (χ3v) is 4.99. The summed E-state index contributed by atoms with van der Waals surface area (Å²) in [5.74, 6) is 0.486. The maximum Gasteiger partial charge on any atom is 0.327 e.